The van der Waals surface area contributed by atoms with Crippen LogP contribution in [0.5, 0.6) is 11.5 Å². The number of thioether (sulfide) groups is 1. The molecule has 1 fully saturated rings. The number of anilines is 1. The number of ether oxygens (including phenoxy) is 2. The van der Waals surface area contributed by atoms with Crippen molar-refractivity contribution in [1.82, 2.24) is 0 Å². The number of amidine groups is 1. The lowest BCUT2D eigenvalue weighted by atomic mass is 10.1. The molecule has 0 spiro atoms. The minimum Gasteiger partial charge on any atom is -0.494 e. The zero-order valence-corrected chi connectivity index (χ0v) is 20.0. The Morgan fingerprint density at radius 3 is 2.06 bits per heavy atom. The second kappa shape index (κ2) is 11.0. The van der Waals surface area contributed by atoms with Gasteiger partial charge in [0.15, 0.2) is 11.0 Å². The van der Waals surface area contributed by atoms with Crippen LogP contribution >= 0.6 is 11.8 Å². The Hall–Kier alpha value is -3.58. The first-order chi connectivity index (χ1) is 16.6. The molecule has 1 heterocycles. The third kappa shape index (κ3) is 5.48. The maximum absolute atomic E-state index is 13.4. The van der Waals surface area contributed by atoms with E-state index in [1.54, 1.807) is 17.0 Å². The van der Waals surface area contributed by atoms with Gasteiger partial charge in [-0.3, -0.25) is 14.5 Å². The highest BCUT2D eigenvalue weighted by Crippen LogP contribution is 2.36. The summed E-state index contributed by atoms with van der Waals surface area (Å²) in [6, 6.07) is 23.8. The van der Waals surface area contributed by atoms with E-state index in [1.165, 1.54) is 11.8 Å². The second-order valence-corrected chi connectivity index (χ2v) is 8.69. The zero-order valence-electron chi connectivity index (χ0n) is 19.1. The molecule has 0 radical (unpaired) electrons. The molecule has 0 unspecified atom stereocenters. The van der Waals surface area contributed by atoms with Crippen molar-refractivity contribution in [3.63, 3.8) is 0 Å². The highest BCUT2D eigenvalue weighted by molar-refractivity contribution is 8.16. The molecule has 0 bridgehead atoms. The summed E-state index contributed by atoms with van der Waals surface area (Å²) in [5.74, 6) is 1.26. The van der Waals surface area contributed by atoms with Gasteiger partial charge in [0.1, 0.15) is 11.5 Å². The standard InChI is InChI=1S/C27H26N2O4S/c1-3-32-22-14-10-20(11-15-22)28-27-29(21-12-16-23(17-13-21)33-4-2)26(31)25(34-27)18-24(30)19-8-6-5-7-9-19/h5-17,25H,3-4,18H2,1-2H3/t25-/m0/s1. The van der Waals surface area contributed by atoms with E-state index in [0.29, 0.717) is 35.3 Å². The fourth-order valence-electron chi connectivity index (χ4n) is 3.57. The van der Waals surface area contributed by atoms with Gasteiger partial charge in [0.2, 0.25) is 5.91 Å². The number of hydrogen-bond acceptors (Lipinski definition) is 6. The number of ketones is 1. The number of benzene rings is 3. The molecule has 1 saturated heterocycles. The molecule has 3 aromatic carbocycles. The number of amides is 1. The molecule has 1 atom stereocenters. The van der Waals surface area contributed by atoms with E-state index in [4.69, 9.17) is 14.5 Å². The number of rotatable bonds is 9. The highest BCUT2D eigenvalue weighted by atomic mass is 32.2. The van der Waals surface area contributed by atoms with E-state index in [1.807, 2.05) is 80.6 Å². The summed E-state index contributed by atoms with van der Waals surface area (Å²) < 4.78 is 11.0. The molecule has 1 aliphatic rings. The Morgan fingerprint density at radius 1 is 0.882 bits per heavy atom. The van der Waals surface area contributed by atoms with Crippen molar-refractivity contribution in [2.24, 2.45) is 4.99 Å². The molecular weight excluding hydrogens is 448 g/mol. The van der Waals surface area contributed by atoms with Crippen molar-refractivity contribution in [2.45, 2.75) is 25.5 Å². The molecule has 3 aromatic rings. The smallest absolute Gasteiger partial charge is 0.247 e. The van der Waals surface area contributed by atoms with Crippen molar-refractivity contribution in [1.29, 1.82) is 0 Å². The SMILES string of the molecule is CCOc1ccc(N=C2S[C@@H](CC(=O)c3ccccc3)C(=O)N2c2ccc(OCC)cc2)cc1. The van der Waals surface area contributed by atoms with Gasteiger partial charge in [0.25, 0.3) is 0 Å². The Balaban J connectivity index is 1.63. The quantitative estimate of drug-likeness (QED) is 0.362. The first-order valence-corrected chi connectivity index (χ1v) is 12.1. The number of aliphatic imine (C=N–C) groups is 1. The van der Waals surface area contributed by atoms with Crippen molar-refractivity contribution >= 4 is 40.0 Å². The van der Waals surface area contributed by atoms with Crippen LogP contribution in [0.1, 0.15) is 30.6 Å². The van der Waals surface area contributed by atoms with Crippen molar-refractivity contribution < 1.29 is 19.1 Å². The summed E-state index contributed by atoms with van der Waals surface area (Å²) in [6.45, 7) is 5.00. The van der Waals surface area contributed by atoms with Gasteiger partial charge in [0, 0.05) is 12.0 Å². The molecule has 0 saturated carbocycles. The number of carbonyl (C=O) groups excluding carboxylic acids is 2. The Morgan fingerprint density at radius 2 is 1.47 bits per heavy atom. The molecule has 1 aliphatic heterocycles. The van der Waals surface area contributed by atoms with Crippen LogP contribution < -0.4 is 14.4 Å². The van der Waals surface area contributed by atoms with Crippen LogP contribution in [0.2, 0.25) is 0 Å². The van der Waals surface area contributed by atoms with Crippen LogP contribution in [0.3, 0.4) is 0 Å². The van der Waals surface area contributed by atoms with E-state index in [0.717, 1.165) is 11.5 Å². The van der Waals surface area contributed by atoms with Crippen LogP contribution in [-0.4, -0.2) is 35.3 Å². The Labute approximate surface area is 203 Å². The van der Waals surface area contributed by atoms with E-state index in [2.05, 4.69) is 0 Å². The van der Waals surface area contributed by atoms with E-state index in [9.17, 15) is 9.59 Å². The van der Waals surface area contributed by atoms with E-state index < -0.39 is 5.25 Å². The van der Waals surface area contributed by atoms with Crippen molar-refractivity contribution in [3.8, 4) is 11.5 Å². The zero-order chi connectivity index (χ0) is 23.9. The highest BCUT2D eigenvalue weighted by Gasteiger charge is 2.40. The molecule has 0 aromatic heterocycles. The first-order valence-electron chi connectivity index (χ1n) is 11.2. The monoisotopic (exact) mass is 474 g/mol. The Kier molecular flexibility index (Phi) is 7.65. The summed E-state index contributed by atoms with van der Waals surface area (Å²) in [5, 5.41) is -0.0232. The van der Waals surface area contributed by atoms with Crippen molar-refractivity contribution in [3.05, 3.63) is 84.4 Å². The fourth-order valence-corrected chi connectivity index (χ4v) is 4.73. The molecule has 0 aliphatic carbocycles. The third-order valence-electron chi connectivity index (χ3n) is 5.18. The normalized spacial score (nSPS) is 16.6. The lowest BCUT2D eigenvalue weighted by Gasteiger charge is -2.17. The van der Waals surface area contributed by atoms with Gasteiger partial charge in [-0.05, 0) is 62.4 Å². The summed E-state index contributed by atoms with van der Waals surface area (Å²) >= 11 is 1.31. The predicted octanol–water partition coefficient (Wildman–Crippen LogP) is 5.89. The molecule has 1 amide bonds. The molecule has 4 rings (SSSR count). The number of hydrogen-bond donors (Lipinski definition) is 0. The first kappa shape index (κ1) is 23.6. The van der Waals surface area contributed by atoms with Gasteiger partial charge in [-0.1, -0.05) is 42.1 Å². The second-order valence-electron chi connectivity index (χ2n) is 7.52. The van der Waals surface area contributed by atoms with Gasteiger partial charge in [-0.15, -0.1) is 0 Å². The molecular formula is C27H26N2O4S. The molecule has 6 nitrogen and oxygen atoms in total. The topological polar surface area (TPSA) is 68.2 Å². The molecule has 34 heavy (non-hydrogen) atoms. The van der Waals surface area contributed by atoms with Crippen molar-refractivity contribution in [2.75, 3.05) is 18.1 Å². The largest absolute Gasteiger partial charge is 0.494 e. The lowest BCUT2D eigenvalue weighted by Crippen LogP contribution is -2.32. The lowest BCUT2D eigenvalue weighted by molar-refractivity contribution is -0.116. The van der Waals surface area contributed by atoms with Gasteiger partial charge < -0.3 is 9.47 Å². The van der Waals surface area contributed by atoms with E-state index >= 15 is 0 Å². The van der Waals surface area contributed by atoms with Crippen LogP contribution in [0, 0.1) is 0 Å². The summed E-state index contributed by atoms with van der Waals surface area (Å²) in [6.07, 6.45) is 0.101. The van der Waals surface area contributed by atoms with Crippen LogP contribution in [0.15, 0.2) is 83.9 Å². The van der Waals surface area contributed by atoms with E-state index in [-0.39, 0.29) is 18.1 Å². The summed E-state index contributed by atoms with van der Waals surface area (Å²) in [4.78, 5) is 32.6. The minimum atomic E-state index is -0.555. The van der Waals surface area contributed by atoms with Crippen LogP contribution in [0.25, 0.3) is 0 Å². The Bertz CT molecular complexity index is 1160. The fraction of sp³-hybridized carbons (Fsp3) is 0.222. The average Bonchev–Trinajstić information content (AvgIpc) is 3.16. The average molecular weight is 475 g/mol. The maximum atomic E-state index is 13.4. The number of carbonyl (C=O) groups is 2. The molecule has 174 valence electrons. The minimum absolute atomic E-state index is 0.0691. The summed E-state index contributed by atoms with van der Waals surface area (Å²) in [5.41, 5.74) is 1.98. The van der Waals surface area contributed by atoms with Gasteiger partial charge in [-0.2, -0.15) is 0 Å². The van der Waals surface area contributed by atoms with Gasteiger partial charge >= 0.3 is 0 Å². The van der Waals surface area contributed by atoms with Crippen LogP contribution in [-0.2, 0) is 4.79 Å². The third-order valence-corrected chi connectivity index (χ3v) is 6.32. The van der Waals surface area contributed by atoms with Gasteiger partial charge in [-0.25, -0.2) is 4.99 Å². The van der Waals surface area contributed by atoms with Gasteiger partial charge in [0.05, 0.1) is 29.8 Å². The number of nitrogens with zero attached hydrogens (tertiary/aromatic N) is 2. The molecule has 0 N–H and O–H groups in total. The summed E-state index contributed by atoms with van der Waals surface area (Å²) in [7, 11) is 0. The maximum Gasteiger partial charge on any atom is 0.247 e. The van der Waals surface area contributed by atoms with Crippen LogP contribution in [0.4, 0.5) is 11.4 Å². The number of Topliss-reactive ketones (excluding diaryl/α,β-unsaturated/α-hetero) is 1. The predicted molar refractivity (Wildman–Crippen MR) is 137 cm³/mol. The molecule has 7 heteroatoms.